The third kappa shape index (κ3) is 2.98. The number of nitrogens with two attached hydrogens (primary N) is 1. The van der Waals surface area contributed by atoms with E-state index in [1.165, 1.54) is 0 Å². The summed E-state index contributed by atoms with van der Waals surface area (Å²) in [5.41, 5.74) is 7.82. The van der Waals surface area contributed by atoms with Crippen LogP contribution >= 0.6 is 0 Å². The van der Waals surface area contributed by atoms with Crippen LogP contribution in [0.25, 0.3) is 0 Å². The summed E-state index contributed by atoms with van der Waals surface area (Å²) in [6.07, 6.45) is 2.99. The molecule has 0 aromatic heterocycles. The molecule has 0 spiro atoms. The number of piperidine rings is 1. The van der Waals surface area contributed by atoms with Crippen molar-refractivity contribution in [2.75, 3.05) is 13.1 Å². The Kier molecular flexibility index (Phi) is 4.59. The molecule has 1 fully saturated rings. The van der Waals surface area contributed by atoms with Gasteiger partial charge in [-0.25, -0.2) is 0 Å². The quantitative estimate of drug-likeness (QED) is 0.907. The monoisotopic (exact) mass is 260 g/mol. The molecule has 104 valence electrons. The number of amides is 1. The molecule has 0 radical (unpaired) electrons. The van der Waals surface area contributed by atoms with Crippen LogP contribution in [0.2, 0.25) is 0 Å². The molecule has 1 amide bonds. The van der Waals surface area contributed by atoms with Crippen molar-refractivity contribution in [3.8, 4) is 0 Å². The molecule has 3 nitrogen and oxygen atoms in total. The number of nitrogens with zero attached hydrogens (tertiary/aromatic N) is 1. The summed E-state index contributed by atoms with van der Waals surface area (Å²) in [5.74, 6) is 0.818. The molecule has 2 atom stereocenters. The average Bonchev–Trinajstić information content (AvgIpc) is 2.46. The van der Waals surface area contributed by atoms with E-state index in [-0.39, 0.29) is 11.9 Å². The average molecular weight is 260 g/mol. The van der Waals surface area contributed by atoms with Crippen LogP contribution < -0.4 is 5.73 Å². The van der Waals surface area contributed by atoms with E-state index in [1.54, 1.807) is 0 Å². The van der Waals surface area contributed by atoms with Gasteiger partial charge in [0.25, 0.3) is 5.91 Å². The van der Waals surface area contributed by atoms with Crippen LogP contribution in [0.15, 0.2) is 24.3 Å². The lowest BCUT2D eigenvalue weighted by molar-refractivity contribution is 0.0572. The van der Waals surface area contributed by atoms with Crippen molar-refractivity contribution in [1.29, 1.82) is 0 Å². The molecule has 2 unspecified atom stereocenters. The molecule has 3 heteroatoms. The van der Waals surface area contributed by atoms with Gasteiger partial charge >= 0.3 is 0 Å². The number of rotatable bonds is 3. The summed E-state index contributed by atoms with van der Waals surface area (Å²) in [5, 5.41) is 0. The predicted octanol–water partition coefficient (Wildman–Crippen LogP) is 2.45. The van der Waals surface area contributed by atoms with E-state index in [2.05, 4.69) is 13.8 Å². The van der Waals surface area contributed by atoms with Gasteiger partial charge < -0.3 is 10.6 Å². The van der Waals surface area contributed by atoms with Crippen molar-refractivity contribution < 1.29 is 4.79 Å². The summed E-state index contributed by atoms with van der Waals surface area (Å²) in [6.45, 7) is 5.72. The van der Waals surface area contributed by atoms with Gasteiger partial charge in [0.2, 0.25) is 0 Å². The Morgan fingerprint density at radius 3 is 2.84 bits per heavy atom. The van der Waals surface area contributed by atoms with Crippen molar-refractivity contribution >= 4 is 5.91 Å². The van der Waals surface area contributed by atoms with Crippen LogP contribution in [0, 0.1) is 5.92 Å². The Hall–Kier alpha value is -1.35. The number of hydrogen-bond donors (Lipinski definition) is 1. The Balaban J connectivity index is 2.22. The Morgan fingerprint density at radius 2 is 2.16 bits per heavy atom. The normalized spacial score (nSPS) is 23.4. The third-order valence-electron chi connectivity index (χ3n) is 4.14. The molecule has 1 aliphatic heterocycles. The van der Waals surface area contributed by atoms with E-state index in [0.717, 1.165) is 36.9 Å². The summed E-state index contributed by atoms with van der Waals surface area (Å²) < 4.78 is 0. The van der Waals surface area contributed by atoms with Crippen molar-refractivity contribution in [2.24, 2.45) is 11.7 Å². The van der Waals surface area contributed by atoms with Crippen molar-refractivity contribution in [3.63, 3.8) is 0 Å². The summed E-state index contributed by atoms with van der Waals surface area (Å²) in [4.78, 5) is 14.7. The molecular formula is C16H24N2O. The number of hydrogen-bond acceptors (Lipinski definition) is 2. The van der Waals surface area contributed by atoms with Gasteiger partial charge in [-0.05, 0) is 36.8 Å². The lowest BCUT2D eigenvalue weighted by atomic mass is 9.91. The molecule has 19 heavy (non-hydrogen) atoms. The van der Waals surface area contributed by atoms with E-state index in [9.17, 15) is 4.79 Å². The topological polar surface area (TPSA) is 46.3 Å². The molecule has 0 saturated carbocycles. The first-order valence-electron chi connectivity index (χ1n) is 7.26. The second kappa shape index (κ2) is 6.20. The summed E-state index contributed by atoms with van der Waals surface area (Å²) >= 11 is 0. The number of likely N-dealkylation sites (tertiary alicyclic amines) is 1. The van der Waals surface area contributed by atoms with Crippen molar-refractivity contribution in [3.05, 3.63) is 35.4 Å². The molecule has 2 rings (SSSR count). The molecule has 1 aromatic carbocycles. The lowest BCUT2D eigenvalue weighted by Crippen LogP contribution is -2.49. The van der Waals surface area contributed by atoms with Crippen LogP contribution in [0.1, 0.15) is 42.6 Å². The molecular weight excluding hydrogens is 236 g/mol. The van der Waals surface area contributed by atoms with E-state index < -0.39 is 0 Å². The fourth-order valence-electron chi connectivity index (χ4n) is 2.93. The van der Waals surface area contributed by atoms with Gasteiger partial charge in [0, 0.05) is 24.7 Å². The highest BCUT2D eigenvalue weighted by atomic mass is 16.2. The highest BCUT2D eigenvalue weighted by Crippen LogP contribution is 2.24. The Labute approximate surface area is 115 Å². The fraction of sp³-hybridized carbons (Fsp3) is 0.562. The van der Waals surface area contributed by atoms with E-state index in [1.807, 2.05) is 29.2 Å². The van der Waals surface area contributed by atoms with Crippen LogP contribution in [-0.2, 0) is 6.42 Å². The maximum atomic E-state index is 12.7. The molecule has 1 heterocycles. The Bertz CT molecular complexity index is 444. The fourth-order valence-corrected chi connectivity index (χ4v) is 2.93. The zero-order chi connectivity index (χ0) is 13.8. The second-order valence-corrected chi connectivity index (χ2v) is 5.53. The highest BCUT2D eigenvalue weighted by Gasteiger charge is 2.30. The molecule has 0 aliphatic carbocycles. The molecule has 2 N–H and O–H groups in total. The number of benzene rings is 1. The number of aryl methyl sites for hydroxylation is 1. The third-order valence-corrected chi connectivity index (χ3v) is 4.14. The summed E-state index contributed by atoms with van der Waals surface area (Å²) in [6, 6.07) is 8.11. The van der Waals surface area contributed by atoms with Crippen molar-refractivity contribution in [2.45, 2.75) is 39.2 Å². The van der Waals surface area contributed by atoms with Gasteiger partial charge in [0.15, 0.2) is 0 Å². The SMILES string of the molecule is CCc1ccccc1C(=O)N1CCC(C)CC1CN. The van der Waals surface area contributed by atoms with E-state index >= 15 is 0 Å². The first kappa shape index (κ1) is 14.1. The van der Waals surface area contributed by atoms with E-state index in [4.69, 9.17) is 5.73 Å². The van der Waals surface area contributed by atoms with Gasteiger partial charge in [0.05, 0.1) is 0 Å². The minimum Gasteiger partial charge on any atom is -0.334 e. The van der Waals surface area contributed by atoms with Gasteiger partial charge in [0.1, 0.15) is 0 Å². The smallest absolute Gasteiger partial charge is 0.254 e. The number of carbonyl (C=O) groups is 1. The second-order valence-electron chi connectivity index (χ2n) is 5.53. The number of carbonyl (C=O) groups excluding carboxylic acids is 1. The predicted molar refractivity (Wildman–Crippen MR) is 78.1 cm³/mol. The first-order valence-corrected chi connectivity index (χ1v) is 7.26. The Morgan fingerprint density at radius 1 is 1.42 bits per heavy atom. The molecule has 1 aliphatic rings. The van der Waals surface area contributed by atoms with Crippen molar-refractivity contribution in [1.82, 2.24) is 4.90 Å². The van der Waals surface area contributed by atoms with Gasteiger partial charge in [-0.1, -0.05) is 32.0 Å². The minimum absolute atomic E-state index is 0.153. The highest BCUT2D eigenvalue weighted by molar-refractivity contribution is 5.96. The summed E-state index contributed by atoms with van der Waals surface area (Å²) in [7, 11) is 0. The van der Waals surface area contributed by atoms with Gasteiger partial charge in [-0.15, -0.1) is 0 Å². The molecule has 0 bridgehead atoms. The van der Waals surface area contributed by atoms with Crippen LogP contribution in [0.5, 0.6) is 0 Å². The van der Waals surface area contributed by atoms with Crippen LogP contribution in [0.3, 0.4) is 0 Å². The first-order chi connectivity index (χ1) is 9.17. The zero-order valence-electron chi connectivity index (χ0n) is 11.9. The largest absolute Gasteiger partial charge is 0.334 e. The molecule has 1 saturated heterocycles. The lowest BCUT2D eigenvalue weighted by Gasteiger charge is -2.38. The molecule has 1 aromatic rings. The van der Waals surface area contributed by atoms with Crippen LogP contribution in [0.4, 0.5) is 0 Å². The maximum absolute atomic E-state index is 12.7. The van der Waals surface area contributed by atoms with Crippen LogP contribution in [-0.4, -0.2) is 29.9 Å². The van der Waals surface area contributed by atoms with Gasteiger partial charge in [-0.2, -0.15) is 0 Å². The zero-order valence-corrected chi connectivity index (χ0v) is 11.9. The standard InChI is InChI=1S/C16H24N2O/c1-3-13-6-4-5-7-15(13)16(19)18-9-8-12(2)10-14(18)11-17/h4-7,12,14H,3,8-11,17H2,1-2H3. The maximum Gasteiger partial charge on any atom is 0.254 e. The minimum atomic E-state index is 0.153. The van der Waals surface area contributed by atoms with E-state index in [0.29, 0.717) is 12.5 Å². The van der Waals surface area contributed by atoms with Gasteiger partial charge in [-0.3, -0.25) is 4.79 Å².